The van der Waals surface area contributed by atoms with Gasteiger partial charge in [0.15, 0.2) is 0 Å². The summed E-state index contributed by atoms with van der Waals surface area (Å²) >= 11 is 6.88. The summed E-state index contributed by atoms with van der Waals surface area (Å²) in [5.41, 5.74) is 5.41. The number of rotatable bonds is 5. The van der Waals surface area contributed by atoms with Gasteiger partial charge < -0.3 is 10.6 Å². The average molecular weight is 402 g/mol. The summed E-state index contributed by atoms with van der Waals surface area (Å²) < 4.78 is 27.3. The second kappa shape index (κ2) is 9.19. The molecule has 1 aliphatic heterocycles. The van der Waals surface area contributed by atoms with Crippen LogP contribution in [0, 0.1) is 0 Å². The number of hydrogen-bond donors (Lipinski definition) is 1. The van der Waals surface area contributed by atoms with E-state index >= 15 is 0 Å². The quantitative estimate of drug-likeness (QED) is 0.814. The molecule has 0 saturated carbocycles. The molecule has 1 amide bonds. The third kappa shape index (κ3) is 5.30. The van der Waals surface area contributed by atoms with Gasteiger partial charge in [-0.25, -0.2) is 8.42 Å². The zero-order chi connectivity index (χ0) is 16.2. The van der Waals surface area contributed by atoms with Gasteiger partial charge in [-0.05, 0) is 31.5 Å². The first-order chi connectivity index (χ1) is 10.4. The minimum atomic E-state index is -3.52. The van der Waals surface area contributed by atoms with Crippen molar-refractivity contribution < 1.29 is 13.2 Å². The number of nitrogens with two attached hydrogens (primary N) is 1. The molecule has 10 heteroatoms. The van der Waals surface area contributed by atoms with Crippen molar-refractivity contribution in [1.29, 1.82) is 0 Å². The van der Waals surface area contributed by atoms with E-state index in [4.69, 9.17) is 17.3 Å². The number of amides is 1. The fourth-order valence-electron chi connectivity index (χ4n) is 2.36. The summed E-state index contributed by atoms with van der Waals surface area (Å²) in [5, 5.41) is 0. The lowest BCUT2D eigenvalue weighted by Gasteiger charge is -2.21. The highest BCUT2D eigenvalue weighted by molar-refractivity contribution is 7.91. The lowest BCUT2D eigenvalue weighted by molar-refractivity contribution is -0.131. The van der Waals surface area contributed by atoms with Crippen molar-refractivity contribution in [1.82, 2.24) is 9.21 Å². The van der Waals surface area contributed by atoms with Crippen LogP contribution in [0.5, 0.6) is 0 Å². The summed E-state index contributed by atoms with van der Waals surface area (Å²) in [4.78, 5) is 13.8. The summed E-state index contributed by atoms with van der Waals surface area (Å²) in [7, 11) is -3.52. The summed E-state index contributed by atoms with van der Waals surface area (Å²) in [5.74, 6) is 0.0452. The molecule has 2 rings (SSSR count). The van der Waals surface area contributed by atoms with Gasteiger partial charge in [-0.3, -0.25) is 4.79 Å². The van der Waals surface area contributed by atoms with E-state index < -0.39 is 10.0 Å². The van der Waals surface area contributed by atoms with Gasteiger partial charge in [-0.15, -0.1) is 23.7 Å². The zero-order valence-electron chi connectivity index (χ0n) is 12.6. The maximum absolute atomic E-state index is 12.6. The van der Waals surface area contributed by atoms with E-state index in [0.717, 1.165) is 11.3 Å². The Morgan fingerprint density at radius 2 is 2.00 bits per heavy atom. The van der Waals surface area contributed by atoms with Gasteiger partial charge in [0.25, 0.3) is 10.0 Å². The van der Waals surface area contributed by atoms with Crippen LogP contribution in [0.2, 0.25) is 4.34 Å². The van der Waals surface area contributed by atoms with Crippen LogP contribution in [0.1, 0.15) is 19.3 Å². The van der Waals surface area contributed by atoms with Crippen LogP contribution in [0.25, 0.3) is 0 Å². The standard InChI is InChI=1S/C13H20ClN3O3S2.ClH/c14-11-4-5-13(21-11)22(19,20)17-8-2-7-16(9-10-17)12(18)3-1-6-15;/h4-5H,1-3,6-10,15H2;1H. The zero-order valence-corrected chi connectivity index (χ0v) is 15.8. The van der Waals surface area contributed by atoms with E-state index in [1.54, 1.807) is 11.0 Å². The molecular weight excluding hydrogens is 381 g/mol. The van der Waals surface area contributed by atoms with Crippen molar-refractivity contribution in [2.45, 2.75) is 23.5 Å². The Kier molecular flexibility index (Phi) is 8.26. The smallest absolute Gasteiger partial charge is 0.252 e. The minimum absolute atomic E-state index is 0. The highest BCUT2D eigenvalue weighted by atomic mass is 35.5. The maximum Gasteiger partial charge on any atom is 0.252 e. The largest absolute Gasteiger partial charge is 0.341 e. The highest BCUT2D eigenvalue weighted by Crippen LogP contribution is 2.28. The molecule has 1 aromatic heterocycles. The predicted molar refractivity (Wildman–Crippen MR) is 94.8 cm³/mol. The number of halogens is 2. The lowest BCUT2D eigenvalue weighted by Crippen LogP contribution is -2.37. The Labute approximate surface area is 152 Å². The van der Waals surface area contributed by atoms with Gasteiger partial charge in [0.2, 0.25) is 5.91 Å². The number of thiophene rings is 1. The second-order valence-electron chi connectivity index (χ2n) is 5.09. The molecule has 2 N–H and O–H groups in total. The predicted octanol–water partition coefficient (Wildman–Crippen LogP) is 1.79. The molecular formula is C13H21Cl2N3O3S2. The Morgan fingerprint density at radius 1 is 1.26 bits per heavy atom. The number of carbonyl (C=O) groups is 1. The van der Waals surface area contributed by atoms with Gasteiger partial charge in [0, 0.05) is 32.6 Å². The molecule has 0 atom stereocenters. The van der Waals surface area contributed by atoms with Crippen molar-refractivity contribution in [3.05, 3.63) is 16.5 Å². The first kappa shape index (κ1) is 20.7. The van der Waals surface area contributed by atoms with Crippen molar-refractivity contribution in [2.75, 3.05) is 32.7 Å². The van der Waals surface area contributed by atoms with Crippen LogP contribution in [0.3, 0.4) is 0 Å². The molecule has 1 fully saturated rings. The van der Waals surface area contributed by atoms with E-state index in [9.17, 15) is 13.2 Å². The molecule has 0 aromatic carbocycles. The molecule has 6 nitrogen and oxygen atoms in total. The Morgan fingerprint density at radius 3 is 2.61 bits per heavy atom. The third-order valence-corrected chi connectivity index (χ3v) is 7.14. The van der Waals surface area contributed by atoms with E-state index in [1.807, 2.05) is 0 Å². The van der Waals surface area contributed by atoms with Crippen LogP contribution in [-0.4, -0.2) is 56.3 Å². The van der Waals surface area contributed by atoms with E-state index in [1.165, 1.54) is 10.4 Å². The van der Waals surface area contributed by atoms with Crippen LogP contribution in [-0.2, 0) is 14.8 Å². The van der Waals surface area contributed by atoms with Gasteiger partial charge in [0.05, 0.1) is 4.34 Å². The number of hydrogen-bond acceptors (Lipinski definition) is 5. The third-order valence-electron chi connectivity index (χ3n) is 3.55. The number of sulfonamides is 1. The molecule has 132 valence electrons. The molecule has 2 heterocycles. The summed E-state index contributed by atoms with van der Waals surface area (Å²) in [6, 6.07) is 3.11. The van der Waals surface area contributed by atoms with E-state index in [0.29, 0.717) is 56.3 Å². The first-order valence-corrected chi connectivity index (χ1v) is 9.82. The highest BCUT2D eigenvalue weighted by Gasteiger charge is 2.29. The molecule has 0 bridgehead atoms. The summed E-state index contributed by atoms with van der Waals surface area (Å²) in [6.07, 6.45) is 1.71. The molecule has 23 heavy (non-hydrogen) atoms. The van der Waals surface area contributed by atoms with Gasteiger partial charge >= 0.3 is 0 Å². The van der Waals surface area contributed by atoms with E-state index in [-0.39, 0.29) is 22.5 Å². The lowest BCUT2D eigenvalue weighted by atomic mass is 10.2. The van der Waals surface area contributed by atoms with Crippen molar-refractivity contribution in [2.24, 2.45) is 5.73 Å². The molecule has 1 saturated heterocycles. The molecule has 0 unspecified atom stereocenters. The van der Waals surface area contributed by atoms with E-state index in [2.05, 4.69) is 0 Å². The van der Waals surface area contributed by atoms with Crippen molar-refractivity contribution >= 4 is 51.3 Å². The Hall–Kier alpha value is -0.380. The normalized spacial score (nSPS) is 16.7. The number of nitrogens with zero attached hydrogens (tertiary/aromatic N) is 2. The SMILES string of the molecule is Cl.NCCCC(=O)N1CCCN(S(=O)(=O)c2ccc(Cl)s2)CC1. The average Bonchev–Trinajstić information content (AvgIpc) is 2.77. The molecule has 1 aromatic rings. The minimum Gasteiger partial charge on any atom is -0.341 e. The van der Waals surface area contributed by atoms with Gasteiger partial charge in [0.1, 0.15) is 4.21 Å². The van der Waals surface area contributed by atoms with Crippen LogP contribution in [0.15, 0.2) is 16.3 Å². The molecule has 0 radical (unpaired) electrons. The second-order valence-corrected chi connectivity index (χ2v) is 8.97. The fourth-order valence-corrected chi connectivity index (χ4v) is 5.47. The van der Waals surface area contributed by atoms with Crippen LogP contribution < -0.4 is 5.73 Å². The van der Waals surface area contributed by atoms with Gasteiger partial charge in [-0.1, -0.05) is 11.6 Å². The monoisotopic (exact) mass is 401 g/mol. The molecule has 1 aliphatic rings. The Balaban J connectivity index is 0.00000264. The fraction of sp³-hybridized carbons (Fsp3) is 0.615. The topological polar surface area (TPSA) is 83.7 Å². The Bertz CT molecular complexity index is 622. The maximum atomic E-state index is 12.6. The van der Waals surface area contributed by atoms with Gasteiger partial charge in [-0.2, -0.15) is 4.31 Å². The molecule has 0 aliphatic carbocycles. The van der Waals surface area contributed by atoms with Crippen LogP contribution in [0.4, 0.5) is 0 Å². The first-order valence-electron chi connectivity index (χ1n) is 7.18. The van der Waals surface area contributed by atoms with Crippen molar-refractivity contribution in [3.8, 4) is 0 Å². The molecule has 0 spiro atoms. The number of carbonyl (C=O) groups excluding carboxylic acids is 1. The summed E-state index contributed by atoms with van der Waals surface area (Å²) in [6.45, 7) is 2.21. The van der Waals surface area contributed by atoms with Crippen molar-refractivity contribution in [3.63, 3.8) is 0 Å². The van der Waals surface area contributed by atoms with Crippen LogP contribution >= 0.6 is 35.3 Å².